The molecule has 0 aliphatic heterocycles. The minimum absolute atomic E-state index is 0.724. The molecule has 1 aromatic carbocycles. The number of aryl methyl sites for hydroxylation is 1. The lowest BCUT2D eigenvalue weighted by atomic mass is 10.3. The predicted molar refractivity (Wildman–Crippen MR) is 71.3 cm³/mol. The Hall–Kier alpha value is -1.29. The first-order chi connectivity index (χ1) is 8.24. The van der Waals surface area contributed by atoms with Gasteiger partial charge in [0.05, 0.1) is 28.9 Å². The van der Waals surface area contributed by atoms with Crippen LogP contribution < -0.4 is 9.47 Å². The zero-order valence-electron chi connectivity index (χ0n) is 10.4. The molecule has 1 heterocycles. The molecule has 0 N–H and O–H groups in total. The molecule has 2 rings (SSSR count). The van der Waals surface area contributed by atoms with Gasteiger partial charge in [0.15, 0.2) is 11.5 Å². The summed E-state index contributed by atoms with van der Waals surface area (Å²) in [6.45, 7) is 4.88. The Morgan fingerprint density at radius 1 is 1.29 bits per heavy atom. The van der Waals surface area contributed by atoms with E-state index in [0.29, 0.717) is 0 Å². The molecule has 0 saturated heterocycles. The second-order valence-electron chi connectivity index (χ2n) is 3.91. The molecule has 0 saturated carbocycles. The van der Waals surface area contributed by atoms with Gasteiger partial charge >= 0.3 is 0 Å². The number of thiazole rings is 1. The van der Waals surface area contributed by atoms with Gasteiger partial charge in [-0.15, -0.1) is 11.3 Å². The lowest BCUT2D eigenvalue weighted by molar-refractivity contribution is 0.289. The largest absolute Gasteiger partial charge is 0.493 e. The molecule has 3 nitrogen and oxygen atoms in total. The molecule has 0 radical (unpaired) electrons. The minimum Gasteiger partial charge on any atom is -0.493 e. The minimum atomic E-state index is 0.724. The standard InChI is InChI=1S/C13H17NO2S/c1-4-5-6-16-12-7-10-13(8-11(12)15-3)17-9(2)14-10/h7-8H,4-6H2,1-3H3. The smallest absolute Gasteiger partial charge is 0.163 e. The fourth-order valence-electron chi connectivity index (χ4n) is 1.65. The van der Waals surface area contributed by atoms with Crippen LogP contribution in [0, 0.1) is 6.92 Å². The second-order valence-corrected chi connectivity index (χ2v) is 5.14. The molecule has 0 fully saturated rings. The molecule has 0 spiro atoms. The van der Waals surface area contributed by atoms with Gasteiger partial charge in [-0.3, -0.25) is 0 Å². The van der Waals surface area contributed by atoms with Crippen LogP contribution in [0.4, 0.5) is 0 Å². The van der Waals surface area contributed by atoms with Crippen molar-refractivity contribution in [2.75, 3.05) is 13.7 Å². The Labute approximate surface area is 105 Å². The highest BCUT2D eigenvalue weighted by molar-refractivity contribution is 7.18. The Kier molecular flexibility index (Phi) is 3.84. The van der Waals surface area contributed by atoms with E-state index in [1.54, 1.807) is 18.4 Å². The van der Waals surface area contributed by atoms with E-state index < -0.39 is 0 Å². The first-order valence-electron chi connectivity index (χ1n) is 5.82. The predicted octanol–water partition coefficient (Wildman–Crippen LogP) is 3.79. The van der Waals surface area contributed by atoms with Crippen molar-refractivity contribution >= 4 is 21.6 Å². The van der Waals surface area contributed by atoms with Gasteiger partial charge in [-0.25, -0.2) is 4.98 Å². The summed E-state index contributed by atoms with van der Waals surface area (Å²) in [5.41, 5.74) is 0.986. The Bertz CT molecular complexity index is 507. The molecule has 92 valence electrons. The molecule has 17 heavy (non-hydrogen) atoms. The van der Waals surface area contributed by atoms with Crippen LogP contribution in [-0.2, 0) is 0 Å². The van der Waals surface area contributed by atoms with Gasteiger partial charge in [0, 0.05) is 12.1 Å². The van der Waals surface area contributed by atoms with Crippen LogP contribution in [0.25, 0.3) is 10.2 Å². The van der Waals surface area contributed by atoms with Gasteiger partial charge in [-0.2, -0.15) is 0 Å². The number of rotatable bonds is 5. The average Bonchev–Trinajstić information content (AvgIpc) is 2.67. The third kappa shape index (κ3) is 2.69. The van der Waals surface area contributed by atoms with E-state index in [9.17, 15) is 0 Å². The van der Waals surface area contributed by atoms with Crippen molar-refractivity contribution in [2.24, 2.45) is 0 Å². The molecule has 1 aromatic heterocycles. The van der Waals surface area contributed by atoms with Gasteiger partial charge in [0.1, 0.15) is 0 Å². The van der Waals surface area contributed by atoms with Crippen molar-refractivity contribution in [1.29, 1.82) is 0 Å². The van der Waals surface area contributed by atoms with Gasteiger partial charge in [-0.05, 0) is 13.3 Å². The van der Waals surface area contributed by atoms with Crippen LogP contribution >= 0.6 is 11.3 Å². The van der Waals surface area contributed by atoms with Crippen molar-refractivity contribution in [1.82, 2.24) is 4.98 Å². The lowest BCUT2D eigenvalue weighted by Gasteiger charge is -2.09. The highest BCUT2D eigenvalue weighted by Gasteiger charge is 2.09. The van der Waals surface area contributed by atoms with Gasteiger partial charge in [0.25, 0.3) is 0 Å². The van der Waals surface area contributed by atoms with Crippen molar-refractivity contribution in [3.63, 3.8) is 0 Å². The first-order valence-corrected chi connectivity index (χ1v) is 6.64. The maximum atomic E-state index is 5.73. The van der Waals surface area contributed by atoms with E-state index in [1.165, 1.54) is 0 Å². The summed E-state index contributed by atoms with van der Waals surface area (Å²) in [4.78, 5) is 4.46. The summed E-state index contributed by atoms with van der Waals surface area (Å²) in [5, 5.41) is 1.06. The topological polar surface area (TPSA) is 31.4 Å². The maximum Gasteiger partial charge on any atom is 0.163 e. The quantitative estimate of drug-likeness (QED) is 0.758. The fraction of sp³-hybridized carbons (Fsp3) is 0.462. The number of nitrogens with zero attached hydrogens (tertiary/aromatic N) is 1. The summed E-state index contributed by atoms with van der Waals surface area (Å²) in [7, 11) is 1.67. The van der Waals surface area contributed by atoms with E-state index in [1.807, 2.05) is 19.1 Å². The SMILES string of the molecule is CCCCOc1cc2nc(C)sc2cc1OC. The zero-order chi connectivity index (χ0) is 12.3. The summed E-state index contributed by atoms with van der Waals surface area (Å²) in [5.74, 6) is 1.58. The number of fused-ring (bicyclic) bond motifs is 1. The summed E-state index contributed by atoms with van der Waals surface area (Å²) < 4.78 is 12.2. The van der Waals surface area contributed by atoms with E-state index in [0.717, 1.165) is 46.2 Å². The van der Waals surface area contributed by atoms with Crippen LogP contribution in [0.3, 0.4) is 0 Å². The number of unbranched alkanes of at least 4 members (excludes halogenated alkanes) is 1. The molecule has 0 unspecified atom stereocenters. The van der Waals surface area contributed by atoms with Crippen molar-refractivity contribution in [3.8, 4) is 11.5 Å². The van der Waals surface area contributed by atoms with Crippen molar-refractivity contribution in [2.45, 2.75) is 26.7 Å². The van der Waals surface area contributed by atoms with E-state index in [-0.39, 0.29) is 0 Å². The highest BCUT2D eigenvalue weighted by Crippen LogP contribution is 2.34. The van der Waals surface area contributed by atoms with Crippen LogP contribution in [0.1, 0.15) is 24.8 Å². The number of benzene rings is 1. The number of hydrogen-bond acceptors (Lipinski definition) is 4. The molecule has 4 heteroatoms. The Morgan fingerprint density at radius 2 is 2.12 bits per heavy atom. The van der Waals surface area contributed by atoms with Crippen LogP contribution in [0.5, 0.6) is 11.5 Å². The number of aromatic nitrogens is 1. The number of hydrogen-bond donors (Lipinski definition) is 0. The van der Waals surface area contributed by atoms with Crippen LogP contribution in [0.2, 0.25) is 0 Å². The van der Waals surface area contributed by atoms with E-state index >= 15 is 0 Å². The zero-order valence-corrected chi connectivity index (χ0v) is 11.3. The van der Waals surface area contributed by atoms with Crippen LogP contribution in [0.15, 0.2) is 12.1 Å². The average molecular weight is 251 g/mol. The molecule has 0 atom stereocenters. The molecule has 2 aromatic rings. The second kappa shape index (κ2) is 5.36. The Morgan fingerprint density at radius 3 is 2.82 bits per heavy atom. The van der Waals surface area contributed by atoms with Crippen molar-refractivity contribution < 1.29 is 9.47 Å². The molecule has 0 aliphatic rings. The summed E-state index contributed by atoms with van der Waals surface area (Å²) in [6.07, 6.45) is 2.18. The third-order valence-electron chi connectivity index (χ3n) is 2.54. The monoisotopic (exact) mass is 251 g/mol. The fourth-order valence-corrected chi connectivity index (χ4v) is 2.49. The Balaban J connectivity index is 2.31. The molecular formula is C13H17NO2S. The normalized spacial score (nSPS) is 10.8. The van der Waals surface area contributed by atoms with Gasteiger partial charge < -0.3 is 9.47 Å². The summed E-state index contributed by atoms with van der Waals surface area (Å²) in [6, 6.07) is 3.97. The third-order valence-corrected chi connectivity index (χ3v) is 3.47. The maximum absolute atomic E-state index is 5.73. The number of ether oxygens (including phenoxy) is 2. The van der Waals surface area contributed by atoms with Crippen molar-refractivity contribution in [3.05, 3.63) is 17.1 Å². The molecule has 0 bridgehead atoms. The van der Waals surface area contributed by atoms with E-state index in [4.69, 9.17) is 9.47 Å². The molecule has 0 aliphatic carbocycles. The highest BCUT2D eigenvalue weighted by atomic mass is 32.1. The summed E-state index contributed by atoms with van der Waals surface area (Å²) >= 11 is 1.67. The lowest BCUT2D eigenvalue weighted by Crippen LogP contribution is -1.98. The molecular weight excluding hydrogens is 234 g/mol. The first kappa shape index (κ1) is 12.2. The van der Waals surface area contributed by atoms with Gasteiger partial charge in [-0.1, -0.05) is 13.3 Å². The molecule has 0 amide bonds. The van der Waals surface area contributed by atoms with Gasteiger partial charge in [0.2, 0.25) is 0 Å². The van der Waals surface area contributed by atoms with E-state index in [2.05, 4.69) is 11.9 Å². The van der Waals surface area contributed by atoms with Crippen LogP contribution in [-0.4, -0.2) is 18.7 Å². The number of methoxy groups -OCH3 is 1.